The number of carbonyl (C=O) groups is 3. The molecule has 0 bridgehead atoms. The van der Waals surface area contributed by atoms with E-state index in [9.17, 15) is 34.8 Å². The molecule has 2 heterocycles. The summed E-state index contributed by atoms with van der Waals surface area (Å²) in [6.45, 7) is 16.2. The molecule has 13 nitrogen and oxygen atoms in total. The number of carbonyl (C=O) groups excluding carboxylic acids is 2. The number of rotatable bonds is 11. The molecule has 13 heteroatoms. The van der Waals surface area contributed by atoms with Gasteiger partial charge in [-0.2, -0.15) is 0 Å². The van der Waals surface area contributed by atoms with Gasteiger partial charge in [0.05, 0.1) is 31.5 Å². The molecule has 5 N–H and O–H groups in total. The molecule has 14 atom stereocenters. The molecule has 0 aromatic rings. The van der Waals surface area contributed by atoms with Crippen molar-refractivity contribution in [3.8, 4) is 0 Å². The van der Waals surface area contributed by atoms with E-state index in [-0.39, 0.29) is 29.9 Å². The van der Waals surface area contributed by atoms with E-state index in [1.54, 1.807) is 65.0 Å². The Kier molecular flexibility index (Phi) is 19.4. The maximum atomic E-state index is 13.8. The van der Waals surface area contributed by atoms with E-state index < -0.39 is 84.2 Å². The molecule has 56 heavy (non-hydrogen) atoms. The number of hydrogen-bond acceptors (Lipinski definition) is 12. The molecule has 0 spiro atoms. The third-order valence-corrected chi connectivity index (χ3v) is 11.2. The Morgan fingerprint density at radius 1 is 1.09 bits per heavy atom. The number of cyclic esters (lactones) is 1. The average Bonchev–Trinajstić information content (AvgIpc) is 3.14. The summed E-state index contributed by atoms with van der Waals surface area (Å²) in [4.78, 5) is 37.3. The third-order valence-electron chi connectivity index (χ3n) is 11.2. The second-order valence-corrected chi connectivity index (χ2v) is 15.5. The Morgan fingerprint density at radius 2 is 1.75 bits per heavy atom. The monoisotopic (exact) mass is 790 g/mol. The topological polar surface area (TPSA) is 199 Å². The van der Waals surface area contributed by atoms with Crippen molar-refractivity contribution in [1.29, 1.82) is 0 Å². The van der Waals surface area contributed by atoms with Gasteiger partial charge in [0, 0.05) is 55.3 Å². The van der Waals surface area contributed by atoms with Gasteiger partial charge in [-0.05, 0) is 45.6 Å². The van der Waals surface area contributed by atoms with Gasteiger partial charge in [-0.1, -0.05) is 89.1 Å². The summed E-state index contributed by atoms with van der Waals surface area (Å²) in [5.41, 5.74) is 1.56. The van der Waals surface area contributed by atoms with Crippen molar-refractivity contribution in [2.24, 2.45) is 35.5 Å². The number of carboxylic acid groups (broad SMARTS) is 1. The first-order valence-corrected chi connectivity index (χ1v) is 19.5. The number of ether oxygens (including phenoxy) is 5. The number of hydrogen-bond donors (Lipinski definition) is 5. The predicted molar refractivity (Wildman–Crippen MR) is 211 cm³/mol. The third kappa shape index (κ3) is 13.2. The number of aliphatic hydroxyl groups is 4. The van der Waals surface area contributed by atoms with E-state index in [2.05, 4.69) is 0 Å². The van der Waals surface area contributed by atoms with Crippen LogP contribution in [0.1, 0.15) is 81.6 Å². The number of allylic oxidation sites excluding steroid dienone is 6. The van der Waals surface area contributed by atoms with Crippen LogP contribution in [-0.2, 0) is 38.1 Å². The number of aliphatic carboxylic acids is 1. The molecule has 1 saturated heterocycles. The molecule has 0 aromatic heterocycles. The Balaban J connectivity index is 2.61. The lowest BCUT2D eigenvalue weighted by atomic mass is 9.77. The summed E-state index contributed by atoms with van der Waals surface area (Å²) in [5.74, 6) is -8.60. The number of esters is 2. The average molecular weight is 791 g/mol. The SMILES string of the molecule is C/C=C/[C@H]1O[C@@](O)([C@@H](C)[C@H](O)[C@H](C)[C@H]2OC(=O)/C(OC)=C/C(C)=C/[C@@H](C)[C@H](O)[C@@H](CC)[C@@H](O)[C@H](C)C/C(C)=C/C=C/[C@@H]2OC)C[C@H](OC(=O)/C=C/C(=O)O)[C@@H]1C. The van der Waals surface area contributed by atoms with Crippen molar-refractivity contribution in [3.05, 3.63) is 71.6 Å². The predicted octanol–water partition coefficient (Wildman–Crippen LogP) is 5.19. The lowest BCUT2D eigenvalue weighted by molar-refractivity contribution is -0.314. The van der Waals surface area contributed by atoms with Crippen LogP contribution in [0.5, 0.6) is 0 Å². The lowest BCUT2D eigenvalue weighted by Gasteiger charge is -2.48. The van der Waals surface area contributed by atoms with E-state index in [0.717, 1.165) is 11.6 Å². The van der Waals surface area contributed by atoms with E-state index in [4.69, 9.17) is 28.8 Å². The van der Waals surface area contributed by atoms with Crippen LogP contribution in [0.2, 0.25) is 0 Å². The standard InChI is InChI=1S/C43H66O13/c1-12-15-32-28(7)35(54-37(46)19-18-36(44)45)23-43(51,56-32)30(9)40(49)29(8)41-33(52-10)17-14-16-24(3)20-26(5)38(47)31(13-2)39(48)27(6)21-25(4)22-34(53-11)42(50)55-41/h12,14-19,21-22,26-33,35,38-41,47-49,51H,13,20,23H2,1-11H3,(H,44,45)/b15-12+,17-14+,19-18+,24-16+,25-21+,34-22-/t26-,27-,28-,29+,30+,31+,32-,33+,35+,38+,39+,40-,41-,43-/m1/s1. The fraction of sp³-hybridized carbons (Fsp3) is 0.651. The first kappa shape index (κ1) is 48.6. The van der Waals surface area contributed by atoms with Crippen LogP contribution in [0.25, 0.3) is 0 Å². The van der Waals surface area contributed by atoms with Gasteiger partial charge in [0.15, 0.2) is 5.79 Å². The molecule has 2 aliphatic rings. The van der Waals surface area contributed by atoms with Crippen molar-refractivity contribution in [2.75, 3.05) is 14.2 Å². The molecule has 1 fully saturated rings. The largest absolute Gasteiger partial charge is 0.490 e. The number of aliphatic hydroxyl groups excluding tert-OH is 3. The molecule has 0 unspecified atom stereocenters. The molecule has 0 saturated carbocycles. The van der Waals surface area contributed by atoms with Gasteiger partial charge in [-0.25, -0.2) is 14.4 Å². The summed E-state index contributed by atoms with van der Waals surface area (Å²) in [6, 6.07) is 0. The zero-order valence-corrected chi connectivity index (χ0v) is 34.8. The summed E-state index contributed by atoms with van der Waals surface area (Å²) in [7, 11) is 2.76. The smallest absolute Gasteiger partial charge is 0.373 e. The van der Waals surface area contributed by atoms with E-state index in [1.165, 1.54) is 20.3 Å². The first-order chi connectivity index (χ1) is 26.2. The minimum Gasteiger partial charge on any atom is -0.490 e. The Bertz CT molecular complexity index is 1490. The minimum absolute atomic E-state index is 0.143. The second kappa shape index (κ2) is 22.4. The second-order valence-electron chi connectivity index (χ2n) is 15.5. The van der Waals surface area contributed by atoms with Gasteiger partial charge in [-0.15, -0.1) is 0 Å². The van der Waals surface area contributed by atoms with E-state index >= 15 is 0 Å². The zero-order valence-electron chi connectivity index (χ0n) is 34.8. The normalized spacial score (nSPS) is 38.0. The molecule has 2 aliphatic heterocycles. The molecule has 0 amide bonds. The molecule has 0 aromatic carbocycles. The van der Waals surface area contributed by atoms with Crippen LogP contribution in [0.4, 0.5) is 0 Å². The highest BCUT2D eigenvalue weighted by atomic mass is 16.6. The zero-order chi connectivity index (χ0) is 42.5. The van der Waals surface area contributed by atoms with Gasteiger partial charge in [-0.3, -0.25) is 0 Å². The number of carboxylic acids is 1. The van der Waals surface area contributed by atoms with Crippen LogP contribution in [0, 0.1) is 35.5 Å². The van der Waals surface area contributed by atoms with Crippen LogP contribution >= 0.6 is 0 Å². The Hall–Kier alpha value is -3.59. The van der Waals surface area contributed by atoms with Crippen LogP contribution in [0.3, 0.4) is 0 Å². The van der Waals surface area contributed by atoms with Gasteiger partial charge < -0.3 is 49.2 Å². The van der Waals surface area contributed by atoms with Gasteiger partial charge >= 0.3 is 17.9 Å². The Labute approximate surface area is 332 Å². The molecule has 316 valence electrons. The summed E-state index contributed by atoms with van der Waals surface area (Å²) in [6.07, 6.45) is 7.61. The highest BCUT2D eigenvalue weighted by Crippen LogP contribution is 2.41. The fourth-order valence-electron chi connectivity index (χ4n) is 7.64. The number of methoxy groups -OCH3 is 2. The quantitative estimate of drug-likeness (QED) is 0.104. The van der Waals surface area contributed by atoms with E-state index in [1.807, 2.05) is 33.8 Å². The lowest BCUT2D eigenvalue weighted by Crippen LogP contribution is -2.58. The summed E-state index contributed by atoms with van der Waals surface area (Å²) < 4.78 is 29.2. The van der Waals surface area contributed by atoms with Crippen LogP contribution < -0.4 is 0 Å². The van der Waals surface area contributed by atoms with Crippen molar-refractivity contribution in [2.45, 2.75) is 130 Å². The maximum Gasteiger partial charge on any atom is 0.373 e. The fourth-order valence-corrected chi connectivity index (χ4v) is 7.64. The van der Waals surface area contributed by atoms with Crippen molar-refractivity contribution < 1.29 is 63.6 Å². The van der Waals surface area contributed by atoms with Gasteiger partial charge in [0.25, 0.3) is 0 Å². The van der Waals surface area contributed by atoms with Crippen molar-refractivity contribution in [1.82, 2.24) is 0 Å². The molecule has 2 rings (SSSR count). The first-order valence-electron chi connectivity index (χ1n) is 19.5. The molecule has 0 aliphatic carbocycles. The molecular weight excluding hydrogens is 724 g/mol. The minimum atomic E-state index is -2.05. The molecule has 0 radical (unpaired) electrons. The van der Waals surface area contributed by atoms with Crippen LogP contribution in [0.15, 0.2) is 71.6 Å². The summed E-state index contributed by atoms with van der Waals surface area (Å²) >= 11 is 0. The van der Waals surface area contributed by atoms with Crippen LogP contribution in [-0.4, -0.2) is 106 Å². The highest BCUT2D eigenvalue weighted by molar-refractivity contribution is 5.90. The van der Waals surface area contributed by atoms with Crippen molar-refractivity contribution >= 4 is 17.9 Å². The summed E-state index contributed by atoms with van der Waals surface area (Å²) in [5, 5.41) is 55.6. The highest BCUT2D eigenvalue weighted by Gasteiger charge is 2.52. The maximum absolute atomic E-state index is 13.8. The Morgan fingerprint density at radius 3 is 2.32 bits per heavy atom. The van der Waals surface area contributed by atoms with Gasteiger partial charge in [0.2, 0.25) is 5.76 Å². The van der Waals surface area contributed by atoms with E-state index in [0.29, 0.717) is 24.5 Å². The molecular formula is C43H66O13. The van der Waals surface area contributed by atoms with Gasteiger partial charge in [0.1, 0.15) is 18.3 Å². The van der Waals surface area contributed by atoms with Crippen molar-refractivity contribution in [3.63, 3.8) is 0 Å².